The second-order valence-corrected chi connectivity index (χ2v) is 7.86. The maximum atomic E-state index is 12.6. The first-order valence-corrected chi connectivity index (χ1v) is 10.5. The van der Waals surface area contributed by atoms with Crippen LogP contribution in [0.4, 0.5) is 11.4 Å². The molecule has 3 aromatic rings. The molecule has 160 valence electrons. The fourth-order valence-corrected chi connectivity index (χ4v) is 3.55. The van der Waals surface area contributed by atoms with E-state index in [1.54, 1.807) is 42.5 Å². The highest BCUT2D eigenvalue weighted by atomic mass is 32.2. The van der Waals surface area contributed by atoms with Gasteiger partial charge in [0.15, 0.2) is 0 Å². The molecular formula is C22H15N3O6S. The van der Waals surface area contributed by atoms with E-state index in [0.717, 1.165) is 24.3 Å². The van der Waals surface area contributed by atoms with Crippen LogP contribution in [0.2, 0.25) is 0 Å². The number of nitrogens with zero attached hydrogens (tertiary/aromatic N) is 2. The zero-order valence-electron chi connectivity index (χ0n) is 16.3. The Bertz CT molecular complexity index is 1330. The molecule has 10 heteroatoms. The van der Waals surface area contributed by atoms with E-state index in [9.17, 15) is 28.6 Å². The summed E-state index contributed by atoms with van der Waals surface area (Å²) >= 11 is 0. The zero-order chi connectivity index (χ0) is 23.1. The average molecular weight is 449 g/mol. The summed E-state index contributed by atoms with van der Waals surface area (Å²) in [6.07, 6.45) is 1.21. The molecule has 1 amide bonds. The predicted molar refractivity (Wildman–Crippen MR) is 116 cm³/mol. The van der Waals surface area contributed by atoms with Gasteiger partial charge in [-0.2, -0.15) is 13.7 Å². The lowest BCUT2D eigenvalue weighted by Gasteiger charge is -2.10. The van der Waals surface area contributed by atoms with Crippen LogP contribution in [-0.2, 0) is 14.9 Å². The Hall–Kier alpha value is -4.49. The molecule has 0 saturated heterocycles. The molecule has 0 saturated carbocycles. The summed E-state index contributed by atoms with van der Waals surface area (Å²) in [6, 6.07) is 20.5. The minimum Gasteiger partial charge on any atom is -0.378 e. The highest BCUT2D eigenvalue weighted by molar-refractivity contribution is 7.87. The molecule has 0 radical (unpaired) electrons. The van der Waals surface area contributed by atoms with Crippen molar-refractivity contribution in [2.45, 2.75) is 4.90 Å². The largest absolute Gasteiger partial charge is 0.378 e. The lowest BCUT2D eigenvalue weighted by atomic mass is 10.1. The van der Waals surface area contributed by atoms with Crippen molar-refractivity contribution in [3.63, 3.8) is 0 Å². The maximum Gasteiger partial charge on any atom is 0.339 e. The Labute approximate surface area is 183 Å². The average Bonchev–Trinajstić information content (AvgIpc) is 2.79. The van der Waals surface area contributed by atoms with Gasteiger partial charge in [-0.05, 0) is 36.4 Å². The number of amides is 1. The molecule has 0 aliphatic carbocycles. The summed E-state index contributed by atoms with van der Waals surface area (Å²) in [4.78, 5) is 22.3. The fourth-order valence-electron chi connectivity index (χ4n) is 2.60. The highest BCUT2D eigenvalue weighted by Gasteiger charge is 2.20. The van der Waals surface area contributed by atoms with Crippen LogP contribution in [0.3, 0.4) is 0 Å². The molecule has 32 heavy (non-hydrogen) atoms. The van der Waals surface area contributed by atoms with Gasteiger partial charge in [-0.3, -0.25) is 14.9 Å². The zero-order valence-corrected chi connectivity index (χ0v) is 17.2. The summed E-state index contributed by atoms with van der Waals surface area (Å²) in [5.41, 5.74) is 0.134. The number of nitro groups is 1. The van der Waals surface area contributed by atoms with Crippen molar-refractivity contribution in [2.75, 3.05) is 5.32 Å². The topological polar surface area (TPSA) is 139 Å². The second-order valence-electron chi connectivity index (χ2n) is 6.32. The van der Waals surface area contributed by atoms with Gasteiger partial charge >= 0.3 is 10.1 Å². The van der Waals surface area contributed by atoms with E-state index in [2.05, 4.69) is 5.32 Å². The molecule has 0 unspecified atom stereocenters. The van der Waals surface area contributed by atoms with E-state index >= 15 is 0 Å². The minimum absolute atomic E-state index is 0.119. The number of nitro benzene ring substituents is 1. The van der Waals surface area contributed by atoms with Gasteiger partial charge in [-0.25, -0.2) is 0 Å². The molecule has 0 aromatic heterocycles. The molecule has 0 heterocycles. The number of carbonyl (C=O) groups is 1. The van der Waals surface area contributed by atoms with Crippen molar-refractivity contribution in [3.8, 4) is 11.8 Å². The molecule has 0 aliphatic rings. The first-order valence-electron chi connectivity index (χ1n) is 9.06. The minimum atomic E-state index is -4.32. The maximum absolute atomic E-state index is 12.6. The SMILES string of the molecule is N#C/C(=C\c1ccccc1OS(=O)(=O)c1ccc([N+](=O)[O-])cc1)C(=O)Nc1ccccc1. The van der Waals surface area contributed by atoms with Gasteiger partial charge in [0.2, 0.25) is 0 Å². The third-order valence-electron chi connectivity index (χ3n) is 4.15. The van der Waals surface area contributed by atoms with Crippen molar-refractivity contribution in [3.05, 3.63) is 100 Å². The Morgan fingerprint density at radius 3 is 2.25 bits per heavy atom. The highest BCUT2D eigenvalue weighted by Crippen LogP contribution is 2.26. The Morgan fingerprint density at radius 1 is 1.00 bits per heavy atom. The van der Waals surface area contributed by atoms with E-state index in [-0.39, 0.29) is 27.5 Å². The summed E-state index contributed by atoms with van der Waals surface area (Å²) < 4.78 is 30.4. The summed E-state index contributed by atoms with van der Waals surface area (Å²) in [5.74, 6) is -0.794. The van der Waals surface area contributed by atoms with Crippen molar-refractivity contribution in [1.82, 2.24) is 0 Å². The molecule has 0 fully saturated rings. The van der Waals surface area contributed by atoms with E-state index in [1.165, 1.54) is 24.3 Å². The number of rotatable bonds is 7. The Morgan fingerprint density at radius 2 is 1.62 bits per heavy atom. The third-order valence-corrected chi connectivity index (χ3v) is 5.40. The summed E-state index contributed by atoms with van der Waals surface area (Å²) in [5, 5.41) is 22.8. The van der Waals surface area contributed by atoms with Crippen LogP contribution < -0.4 is 9.50 Å². The molecule has 9 nitrogen and oxygen atoms in total. The Balaban J connectivity index is 1.88. The number of hydrogen-bond donors (Lipinski definition) is 1. The van der Waals surface area contributed by atoms with E-state index < -0.39 is 20.9 Å². The first kappa shape index (κ1) is 22.2. The van der Waals surface area contributed by atoms with Gasteiger partial charge < -0.3 is 9.50 Å². The normalized spacial score (nSPS) is 11.3. The molecule has 3 rings (SSSR count). The summed E-state index contributed by atoms with van der Waals surface area (Å²) in [6.45, 7) is 0. The van der Waals surface area contributed by atoms with Crippen LogP contribution in [0.25, 0.3) is 6.08 Å². The van der Waals surface area contributed by atoms with Crippen LogP contribution in [0, 0.1) is 21.4 Å². The van der Waals surface area contributed by atoms with Crippen LogP contribution in [0.5, 0.6) is 5.75 Å². The molecular weight excluding hydrogens is 434 g/mol. The number of non-ortho nitro benzene ring substituents is 1. The predicted octanol–water partition coefficient (Wildman–Crippen LogP) is 3.91. The van der Waals surface area contributed by atoms with E-state index in [4.69, 9.17) is 4.18 Å². The van der Waals surface area contributed by atoms with Crippen LogP contribution >= 0.6 is 0 Å². The van der Waals surface area contributed by atoms with Crippen LogP contribution in [0.1, 0.15) is 5.56 Å². The molecule has 1 N–H and O–H groups in total. The number of hydrogen-bond acceptors (Lipinski definition) is 7. The lowest BCUT2D eigenvalue weighted by Crippen LogP contribution is -2.13. The van der Waals surface area contributed by atoms with Gasteiger partial charge in [-0.1, -0.05) is 36.4 Å². The fraction of sp³-hybridized carbons (Fsp3) is 0. The van der Waals surface area contributed by atoms with Gasteiger partial charge in [-0.15, -0.1) is 0 Å². The van der Waals surface area contributed by atoms with Gasteiger partial charge in [0.05, 0.1) is 4.92 Å². The standard InChI is InChI=1S/C22H15N3O6S/c23-15-17(22(26)24-18-7-2-1-3-8-18)14-16-6-4-5-9-21(16)31-32(29,30)20-12-10-19(11-13-20)25(27)28/h1-14H,(H,24,26)/b17-14+. The van der Waals surface area contributed by atoms with Crippen molar-refractivity contribution in [2.24, 2.45) is 0 Å². The number of nitrogens with one attached hydrogen (secondary N) is 1. The van der Waals surface area contributed by atoms with Crippen LogP contribution in [-0.4, -0.2) is 19.2 Å². The van der Waals surface area contributed by atoms with Gasteiger partial charge in [0.1, 0.15) is 22.3 Å². The van der Waals surface area contributed by atoms with E-state index in [0.29, 0.717) is 5.69 Å². The second kappa shape index (κ2) is 9.55. The molecule has 0 aliphatic heterocycles. The molecule has 3 aromatic carbocycles. The summed E-state index contributed by atoms with van der Waals surface area (Å²) in [7, 11) is -4.32. The van der Waals surface area contributed by atoms with Gasteiger partial charge in [0, 0.05) is 23.4 Å². The number of carbonyl (C=O) groups excluding carboxylic acids is 1. The number of anilines is 1. The number of nitriles is 1. The molecule has 0 bridgehead atoms. The Kier molecular flexibility index (Phi) is 6.62. The first-order chi connectivity index (χ1) is 15.3. The smallest absolute Gasteiger partial charge is 0.339 e. The van der Waals surface area contributed by atoms with Crippen molar-refractivity contribution < 1.29 is 22.3 Å². The van der Waals surface area contributed by atoms with E-state index in [1.807, 2.05) is 0 Å². The van der Waals surface area contributed by atoms with Gasteiger partial charge in [0.25, 0.3) is 11.6 Å². The van der Waals surface area contributed by atoms with Crippen LogP contribution in [0.15, 0.2) is 89.3 Å². The van der Waals surface area contributed by atoms with Crippen molar-refractivity contribution in [1.29, 1.82) is 5.26 Å². The number of para-hydroxylation sites is 2. The molecule has 0 spiro atoms. The molecule has 0 atom stereocenters. The third kappa shape index (κ3) is 5.35. The quantitative estimate of drug-likeness (QED) is 0.190. The monoisotopic (exact) mass is 449 g/mol. The number of benzene rings is 3. The van der Waals surface area contributed by atoms with Crippen molar-refractivity contribution >= 4 is 33.5 Å². The lowest BCUT2D eigenvalue weighted by molar-refractivity contribution is -0.384.